The van der Waals surface area contributed by atoms with E-state index in [0.29, 0.717) is 12.2 Å². The third kappa shape index (κ3) is 4.28. The van der Waals surface area contributed by atoms with Crippen molar-refractivity contribution in [2.75, 3.05) is 0 Å². The van der Waals surface area contributed by atoms with Gasteiger partial charge in [-0.15, -0.1) is 0 Å². The Kier molecular flexibility index (Phi) is 7.92. The van der Waals surface area contributed by atoms with Crippen LogP contribution >= 0.6 is 0 Å². The molecule has 0 saturated carbocycles. The molecule has 1 aliphatic rings. The van der Waals surface area contributed by atoms with Gasteiger partial charge in [-0.2, -0.15) is 0 Å². The Morgan fingerprint density at radius 1 is 1.17 bits per heavy atom. The van der Waals surface area contributed by atoms with Crippen molar-refractivity contribution < 1.29 is 85.1 Å². The summed E-state index contributed by atoms with van der Waals surface area (Å²) in [6.07, 6.45) is 2.24. The van der Waals surface area contributed by atoms with Crippen LogP contribution in [0, 0.1) is 0 Å². The van der Waals surface area contributed by atoms with Gasteiger partial charge in [0.2, 0.25) is 0 Å². The molecule has 8 nitrogen and oxygen atoms in total. The van der Waals surface area contributed by atoms with E-state index in [2.05, 4.69) is 0 Å². The Balaban J connectivity index is 0. The minimum atomic E-state index is -5.25. The predicted molar refractivity (Wildman–Crippen MR) is 51.5 cm³/mol. The van der Waals surface area contributed by atoms with Crippen LogP contribution in [-0.2, 0) is 20.2 Å². The zero-order valence-corrected chi connectivity index (χ0v) is 15.4. The molecule has 1 rings (SSSR count). The van der Waals surface area contributed by atoms with Crippen LogP contribution in [0.3, 0.4) is 0 Å². The van der Waals surface area contributed by atoms with Crippen LogP contribution in [0.5, 0.6) is 0 Å². The molecule has 92 valence electrons. The molecular formula is C6H8N2Na2O6S2. The fraction of sp³-hybridized carbons (Fsp3) is 0.333. The number of allylic oxidation sites excluding steroid dienone is 1. The second-order valence-electron chi connectivity index (χ2n) is 3.22. The van der Waals surface area contributed by atoms with Crippen LogP contribution in [0.4, 0.5) is 0 Å². The molecule has 0 radical (unpaired) electrons. The molecule has 0 saturated heterocycles. The first-order valence-electron chi connectivity index (χ1n) is 3.84. The van der Waals surface area contributed by atoms with E-state index in [4.69, 9.17) is 11.5 Å². The maximum absolute atomic E-state index is 10.9. The Morgan fingerprint density at radius 2 is 1.61 bits per heavy atom. The third-order valence-electron chi connectivity index (χ3n) is 2.04. The van der Waals surface area contributed by atoms with Gasteiger partial charge in [0.15, 0.2) is 0 Å². The second kappa shape index (κ2) is 6.68. The molecule has 0 fully saturated rings. The minimum absolute atomic E-state index is 0. The SMILES string of the molecule is NC1=CC(N)(S(=O)(=O)[O-])C(S(=O)(=O)[O-])C=C1.[Na+].[Na+]. The third-order valence-corrected chi connectivity index (χ3v) is 4.60. The minimum Gasteiger partial charge on any atom is -0.747 e. The molecule has 0 amide bonds. The van der Waals surface area contributed by atoms with Crippen molar-refractivity contribution in [3.8, 4) is 0 Å². The van der Waals surface area contributed by atoms with Crippen LogP contribution in [0.2, 0.25) is 0 Å². The zero-order chi connectivity index (χ0) is 12.8. The number of hydrogen-bond acceptors (Lipinski definition) is 8. The van der Waals surface area contributed by atoms with Gasteiger partial charge in [-0.3, -0.25) is 0 Å². The van der Waals surface area contributed by atoms with Crippen molar-refractivity contribution >= 4 is 20.2 Å². The van der Waals surface area contributed by atoms with Gasteiger partial charge in [-0.1, -0.05) is 6.08 Å². The summed E-state index contributed by atoms with van der Waals surface area (Å²) in [6.45, 7) is 0. The number of rotatable bonds is 2. The Bertz CT molecular complexity index is 569. The van der Waals surface area contributed by atoms with Crippen LogP contribution in [0.1, 0.15) is 0 Å². The van der Waals surface area contributed by atoms with E-state index in [9.17, 15) is 25.9 Å². The van der Waals surface area contributed by atoms with E-state index in [-0.39, 0.29) is 64.8 Å². The van der Waals surface area contributed by atoms with Crippen LogP contribution in [-0.4, -0.2) is 36.1 Å². The molecule has 18 heavy (non-hydrogen) atoms. The molecule has 12 heteroatoms. The second-order valence-corrected chi connectivity index (χ2v) is 6.33. The van der Waals surface area contributed by atoms with Crippen LogP contribution in [0.25, 0.3) is 0 Å². The quantitative estimate of drug-likeness (QED) is 0.374. The molecule has 0 spiro atoms. The van der Waals surface area contributed by atoms with Crippen molar-refractivity contribution in [2.45, 2.75) is 10.1 Å². The fourth-order valence-electron chi connectivity index (χ4n) is 1.28. The molecule has 2 unspecified atom stereocenters. The molecule has 0 bridgehead atoms. The van der Waals surface area contributed by atoms with Gasteiger partial charge in [0, 0.05) is 5.70 Å². The van der Waals surface area contributed by atoms with E-state index < -0.39 is 30.4 Å². The summed E-state index contributed by atoms with van der Waals surface area (Å²) in [5.41, 5.74) is 10.2. The summed E-state index contributed by atoms with van der Waals surface area (Å²) in [5.74, 6) is 0. The number of nitrogens with two attached hydrogens (primary N) is 2. The molecule has 4 N–H and O–H groups in total. The van der Waals surface area contributed by atoms with Crippen molar-refractivity contribution in [1.29, 1.82) is 0 Å². The molecule has 0 aromatic carbocycles. The number of hydrogen-bond donors (Lipinski definition) is 2. The van der Waals surface area contributed by atoms with E-state index in [1.54, 1.807) is 0 Å². The molecule has 1 aliphatic carbocycles. The Hall–Kier alpha value is 1.06. The monoisotopic (exact) mass is 314 g/mol. The van der Waals surface area contributed by atoms with Gasteiger partial charge in [0.05, 0.1) is 0 Å². The van der Waals surface area contributed by atoms with E-state index in [1.807, 2.05) is 0 Å². The average Bonchev–Trinajstić information content (AvgIpc) is 1.98. The smallest absolute Gasteiger partial charge is 0.747 e. The molecular weight excluding hydrogens is 306 g/mol. The van der Waals surface area contributed by atoms with Gasteiger partial charge >= 0.3 is 59.1 Å². The van der Waals surface area contributed by atoms with E-state index >= 15 is 0 Å². The Morgan fingerprint density at radius 3 is 1.94 bits per heavy atom. The van der Waals surface area contributed by atoms with Crippen LogP contribution < -0.4 is 70.6 Å². The van der Waals surface area contributed by atoms with Gasteiger partial charge in [0.1, 0.15) is 30.4 Å². The maximum atomic E-state index is 10.9. The molecule has 0 aromatic rings. The normalized spacial score (nSPS) is 27.7. The summed E-state index contributed by atoms with van der Waals surface area (Å²) in [6, 6.07) is 0. The molecule has 0 heterocycles. The standard InChI is InChI=1S/C6H10N2O6S2.2Na/c7-4-1-2-5(15(9,10)11)6(8,3-4)16(12,13)14;;/h1-3,5H,7-8H2,(H,9,10,11)(H,12,13,14);;/q;2*+1/p-2. The largest absolute Gasteiger partial charge is 1.00 e. The fourth-order valence-corrected chi connectivity index (χ4v) is 3.42. The molecule has 0 aromatic heterocycles. The summed E-state index contributed by atoms with van der Waals surface area (Å²) in [5, 5.41) is -2.19. The first kappa shape index (κ1) is 21.4. The Labute approximate surface area is 149 Å². The van der Waals surface area contributed by atoms with Gasteiger partial charge < -0.3 is 20.6 Å². The average molecular weight is 314 g/mol. The van der Waals surface area contributed by atoms with E-state index in [1.165, 1.54) is 0 Å². The van der Waals surface area contributed by atoms with Gasteiger partial charge in [0.25, 0.3) is 0 Å². The van der Waals surface area contributed by atoms with E-state index in [0.717, 1.165) is 6.08 Å². The predicted octanol–water partition coefficient (Wildman–Crippen LogP) is -8.48. The van der Waals surface area contributed by atoms with Crippen molar-refractivity contribution in [3.63, 3.8) is 0 Å². The maximum Gasteiger partial charge on any atom is 1.00 e. The van der Waals surface area contributed by atoms with Crippen molar-refractivity contribution in [3.05, 3.63) is 23.9 Å². The van der Waals surface area contributed by atoms with Gasteiger partial charge in [-0.25, -0.2) is 16.8 Å². The first-order chi connectivity index (χ1) is 6.98. The topological polar surface area (TPSA) is 166 Å². The van der Waals surface area contributed by atoms with Crippen LogP contribution in [0.15, 0.2) is 23.9 Å². The summed E-state index contributed by atoms with van der Waals surface area (Å²) in [4.78, 5) is -2.87. The zero-order valence-electron chi connectivity index (χ0n) is 9.73. The molecule has 2 atom stereocenters. The molecule has 0 aliphatic heterocycles. The van der Waals surface area contributed by atoms with Gasteiger partial charge in [-0.05, 0) is 12.2 Å². The van der Waals surface area contributed by atoms with Crippen molar-refractivity contribution in [2.24, 2.45) is 11.5 Å². The summed E-state index contributed by atoms with van der Waals surface area (Å²) >= 11 is 0. The summed E-state index contributed by atoms with van der Waals surface area (Å²) < 4.78 is 65.1. The van der Waals surface area contributed by atoms with Crippen molar-refractivity contribution in [1.82, 2.24) is 0 Å². The first-order valence-corrected chi connectivity index (χ1v) is 6.72. The summed E-state index contributed by atoms with van der Waals surface area (Å²) in [7, 11) is -10.3.